The summed E-state index contributed by atoms with van der Waals surface area (Å²) in [5.41, 5.74) is 0.714. The molecule has 2 nitrogen and oxygen atoms in total. The Morgan fingerprint density at radius 3 is 2.58 bits per heavy atom. The van der Waals surface area contributed by atoms with Gasteiger partial charge in [-0.3, -0.25) is 4.79 Å². The molecule has 1 aromatic carbocycles. The third-order valence-corrected chi connectivity index (χ3v) is 1.53. The van der Waals surface area contributed by atoms with Crippen LogP contribution in [-0.2, 0) is 4.74 Å². The maximum absolute atomic E-state index is 11.3. The van der Waals surface area contributed by atoms with Crippen LogP contribution in [-0.4, -0.2) is 19.0 Å². The second-order valence-corrected chi connectivity index (χ2v) is 2.43. The third-order valence-electron chi connectivity index (χ3n) is 1.53. The minimum atomic E-state index is 0.0393. The van der Waals surface area contributed by atoms with Gasteiger partial charge in [0.1, 0.15) is 6.61 Å². The Kier molecular flexibility index (Phi) is 3.48. The van der Waals surface area contributed by atoms with Crippen molar-refractivity contribution < 1.29 is 9.53 Å². The molecule has 0 fully saturated rings. The second kappa shape index (κ2) is 4.67. The zero-order valence-corrected chi connectivity index (χ0v) is 7.12. The Bertz CT molecular complexity index is 241. The predicted molar refractivity (Wildman–Crippen MR) is 47.3 cm³/mol. The van der Waals surface area contributed by atoms with Gasteiger partial charge < -0.3 is 4.74 Å². The Morgan fingerprint density at radius 1 is 1.33 bits per heavy atom. The van der Waals surface area contributed by atoms with Crippen LogP contribution in [0.1, 0.15) is 17.3 Å². The van der Waals surface area contributed by atoms with Gasteiger partial charge in [0.15, 0.2) is 5.78 Å². The maximum Gasteiger partial charge on any atom is 0.188 e. The highest BCUT2D eigenvalue weighted by atomic mass is 16.5. The lowest BCUT2D eigenvalue weighted by Gasteiger charge is -1.99. The summed E-state index contributed by atoms with van der Waals surface area (Å²) >= 11 is 0. The van der Waals surface area contributed by atoms with E-state index in [-0.39, 0.29) is 12.4 Å². The van der Waals surface area contributed by atoms with Gasteiger partial charge in [-0.1, -0.05) is 30.3 Å². The quantitative estimate of drug-likeness (QED) is 0.635. The van der Waals surface area contributed by atoms with E-state index in [1.54, 1.807) is 12.1 Å². The second-order valence-electron chi connectivity index (χ2n) is 2.43. The van der Waals surface area contributed by atoms with Gasteiger partial charge in [0.2, 0.25) is 0 Å². The van der Waals surface area contributed by atoms with Crippen molar-refractivity contribution in [1.29, 1.82) is 0 Å². The fourth-order valence-electron chi connectivity index (χ4n) is 0.902. The lowest BCUT2D eigenvalue weighted by Crippen LogP contribution is -2.08. The maximum atomic E-state index is 11.3. The van der Waals surface area contributed by atoms with E-state index in [2.05, 4.69) is 0 Å². The molecule has 12 heavy (non-hydrogen) atoms. The van der Waals surface area contributed by atoms with E-state index in [1.807, 2.05) is 25.1 Å². The van der Waals surface area contributed by atoms with Crippen molar-refractivity contribution in [1.82, 2.24) is 0 Å². The van der Waals surface area contributed by atoms with Gasteiger partial charge >= 0.3 is 0 Å². The minimum absolute atomic E-state index is 0.0393. The van der Waals surface area contributed by atoms with Crippen LogP contribution in [0.3, 0.4) is 0 Å². The number of hydrogen-bond acceptors (Lipinski definition) is 2. The van der Waals surface area contributed by atoms with Crippen molar-refractivity contribution in [2.24, 2.45) is 0 Å². The van der Waals surface area contributed by atoms with Crippen molar-refractivity contribution in [2.45, 2.75) is 6.92 Å². The highest BCUT2D eigenvalue weighted by Crippen LogP contribution is 1.99. The molecule has 0 aliphatic rings. The molecule has 0 heterocycles. The molecule has 0 spiro atoms. The summed E-state index contributed by atoms with van der Waals surface area (Å²) in [4.78, 5) is 11.3. The Balaban J connectivity index is 2.54. The molecule has 0 aliphatic heterocycles. The summed E-state index contributed by atoms with van der Waals surface area (Å²) < 4.78 is 5.00. The van der Waals surface area contributed by atoms with E-state index < -0.39 is 0 Å². The Hall–Kier alpha value is -1.15. The molecular weight excluding hydrogens is 152 g/mol. The van der Waals surface area contributed by atoms with Crippen LogP contribution in [0.4, 0.5) is 0 Å². The van der Waals surface area contributed by atoms with Crippen LogP contribution >= 0.6 is 0 Å². The number of hydrogen-bond donors (Lipinski definition) is 0. The number of ether oxygens (including phenoxy) is 1. The largest absolute Gasteiger partial charge is 0.374 e. The van der Waals surface area contributed by atoms with Crippen LogP contribution in [0.2, 0.25) is 0 Å². The normalized spacial score (nSPS) is 9.75. The van der Waals surface area contributed by atoms with Crippen LogP contribution in [0.25, 0.3) is 0 Å². The summed E-state index contributed by atoms with van der Waals surface area (Å²) in [6.45, 7) is 2.64. The smallest absolute Gasteiger partial charge is 0.188 e. The lowest BCUT2D eigenvalue weighted by atomic mass is 10.1. The number of carbonyl (C=O) groups is 1. The fourth-order valence-corrected chi connectivity index (χ4v) is 0.902. The molecule has 1 rings (SSSR count). The molecule has 0 aliphatic carbocycles. The molecule has 0 saturated carbocycles. The number of carbonyl (C=O) groups excluding carboxylic acids is 1. The average Bonchev–Trinajstić information content (AvgIpc) is 2.15. The average molecular weight is 164 g/mol. The number of benzene rings is 1. The van der Waals surface area contributed by atoms with Crippen molar-refractivity contribution >= 4 is 5.78 Å². The molecule has 0 saturated heterocycles. The lowest BCUT2D eigenvalue weighted by molar-refractivity contribution is 0.0783. The molecule has 0 radical (unpaired) electrons. The SMILES string of the molecule is CCOCC(=O)c1ccccc1. The van der Waals surface area contributed by atoms with Gasteiger partial charge in [-0.25, -0.2) is 0 Å². The first-order valence-electron chi connectivity index (χ1n) is 4.00. The van der Waals surface area contributed by atoms with E-state index >= 15 is 0 Å². The zero-order valence-electron chi connectivity index (χ0n) is 7.12. The van der Waals surface area contributed by atoms with E-state index in [9.17, 15) is 4.79 Å². The highest BCUT2D eigenvalue weighted by Gasteiger charge is 2.02. The fraction of sp³-hybridized carbons (Fsp3) is 0.300. The molecule has 1 aromatic rings. The van der Waals surface area contributed by atoms with E-state index in [1.165, 1.54) is 0 Å². The van der Waals surface area contributed by atoms with Gasteiger partial charge in [-0.2, -0.15) is 0 Å². The van der Waals surface area contributed by atoms with Crippen LogP contribution < -0.4 is 0 Å². The summed E-state index contributed by atoms with van der Waals surface area (Å²) in [6, 6.07) is 9.17. The first-order chi connectivity index (χ1) is 5.84. The molecule has 64 valence electrons. The van der Waals surface area contributed by atoms with E-state index in [0.717, 1.165) is 0 Å². The molecular formula is C10H12O2. The summed E-state index contributed by atoms with van der Waals surface area (Å²) in [7, 11) is 0. The molecule has 0 amide bonds. The van der Waals surface area contributed by atoms with Crippen molar-refractivity contribution in [3.8, 4) is 0 Å². The Morgan fingerprint density at radius 2 is 2.00 bits per heavy atom. The van der Waals surface area contributed by atoms with Gasteiger partial charge in [0, 0.05) is 12.2 Å². The molecule has 0 aromatic heterocycles. The van der Waals surface area contributed by atoms with Crippen LogP contribution in [0, 0.1) is 0 Å². The summed E-state index contributed by atoms with van der Waals surface area (Å²) in [5, 5.41) is 0. The Labute approximate surface area is 72.2 Å². The highest BCUT2D eigenvalue weighted by molar-refractivity contribution is 5.96. The first-order valence-corrected chi connectivity index (χ1v) is 4.00. The molecule has 0 N–H and O–H groups in total. The number of rotatable bonds is 4. The van der Waals surface area contributed by atoms with Crippen LogP contribution in [0.15, 0.2) is 30.3 Å². The summed E-state index contributed by atoms with van der Waals surface area (Å²) in [6.07, 6.45) is 0. The zero-order chi connectivity index (χ0) is 8.81. The molecule has 0 bridgehead atoms. The van der Waals surface area contributed by atoms with Gasteiger partial charge in [-0.15, -0.1) is 0 Å². The topological polar surface area (TPSA) is 26.3 Å². The molecule has 2 heteroatoms. The summed E-state index contributed by atoms with van der Waals surface area (Å²) in [5.74, 6) is 0.0393. The van der Waals surface area contributed by atoms with Crippen LogP contribution in [0.5, 0.6) is 0 Å². The van der Waals surface area contributed by atoms with Gasteiger partial charge in [0.25, 0.3) is 0 Å². The van der Waals surface area contributed by atoms with Gasteiger partial charge in [0.05, 0.1) is 0 Å². The first kappa shape index (κ1) is 8.94. The van der Waals surface area contributed by atoms with E-state index in [0.29, 0.717) is 12.2 Å². The number of Topliss-reactive ketones (excluding diaryl/α,β-unsaturated/α-hetero) is 1. The van der Waals surface area contributed by atoms with Crippen molar-refractivity contribution in [2.75, 3.05) is 13.2 Å². The minimum Gasteiger partial charge on any atom is -0.374 e. The van der Waals surface area contributed by atoms with Crippen molar-refractivity contribution in [3.63, 3.8) is 0 Å². The standard InChI is InChI=1S/C10H12O2/c1-2-12-8-10(11)9-6-4-3-5-7-9/h3-7H,2,8H2,1H3. The predicted octanol–water partition coefficient (Wildman–Crippen LogP) is 1.91. The molecule has 0 atom stereocenters. The third kappa shape index (κ3) is 2.47. The molecule has 0 unspecified atom stereocenters. The van der Waals surface area contributed by atoms with E-state index in [4.69, 9.17) is 4.74 Å². The monoisotopic (exact) mass is 164 g/mol. The van der Waals surface area contributed by atoms with Crippen molar-refractivity contribution in [3.05, 3.63) is 35.9 Å². The number of ketones is 1. The van der Waals surface area contributed by atoms with Gasteiger partial charge in [-0.05, 0) is 6.92 Å².